The number of phenols is 1. The molecule has 16 N–H and O–H groups in total. The molecule has 1 heterocycles. The van der Waals surface area contributed by atoms with E-state index < -0.39 is 159 Å². The number of unbranched alkanes of at least 4 members (excludes halogenated alkanes) is 24. The maximum absolute atomic E-state index is 13.5. The Hall–Kier alpha value is -8.76. The van der Waals surface area contributed by atoms with Crippen LogP contribution in [0.5, 0.6) is 5.75 Å². The molecule has 0 spiro atoms. The molecule has 0 radical (unpaired) electrons. The van der Waals surface area contributed by atoms with Crippen LogP contribution >= 0.6 is 0 Å². The monoisotopic (exact) mass is 1560 g/mol. The lowest BCUT2D eigenvalue weighted by Gasteiger charge is -2.28. The van der Waals surface area contributed by atoms with Gasteiger partial charge in [-0.15, -0.1) is 0 Å². The van der Waals surface area contributed by atoms with Crippen molar-refractivity contribution >= 4 is 83.0 Å². The second-order valence-electron chi connectivity index (χ2n) is 27.5. The molecular weight excluding hydrogens is 1430 g/mol. The first-order valence-corrected chi connectivity index (χ1v) is 39.5. The van der Waals surface area contributed by atoms with Gasteiger partial charge in [0.25, 0.3) is 0 Å². The highest BCUT2D eigenvalue weighted by Crippen LogP contribution is 2.20. The van der Waals surface area contributed by atoms with Crippen molar-refractivity contribution < 1.29 is 106 Å². The Balaban J connectivity index is 1.86. The Morgan fingerprint density at radius 3 is 1.49 bits per heavy atom. The number of aliphatic carboxylic acids is 1. The number of rotatable bonds is 67. The van der Waals surface area contributed by atoms with Crippen LogP contribution in [0.3, 0.4) is 0 Å². The average Bonchev–Trinajstić information content (AvgIpc) is 1.62. The molecule has 0 saturated carbocycles. The summed E-state index contributed by atoms with van der Waals surface area (Å²) < 4.78 is 32.9. The third kappa shape index (κ3) is 49.4. The van der Waals surface area contributed by atoms with E-state index in [2.05, 4.69) is 56.1 Å². The molecule has 1 aliphatic rings. The molecule has 1 saturated heterocycles. The van der Waals surface area contributed by atoms with Crippen LogP contribution in [0, 0.1) is 0 Å². The summed E-state index contributed by atoms with van der Waals surface area (Å²) in [6, 6.07) is -1.41. The van der Waals surface area contributed by atoms with Crippen molar-refractivity contribution in [3.63, 3.8) is 0 Å². The maximum Gasteiger partial charge on any atom is 0.332 e. The van der Waals surface area contributed by atoms with Crippen LogP contribution in [0.4, 0.5) is 0 Å². The summed E-state index contributed by atoms with van der Waals surface area (Å²) in [7, 11) is 0. The van der Waals surface area contributed by atoms with Crippen molar-refractivity contribution in [1.29, 1.82) is 0 Å². The van der Waals surface area contributed by atoms with E-state index in [4.69, 9.17) is 45.6 Å². The van der Waals surface area contributed by atoms with Crippen LogP contribution in [0.2, 0.25) is 0 Å². The lowest BCUT2D eigenvalue weighted by molar-refractivity contribution is -0.168. The first-order valence-electron chi connectivity index (χ1n) is 39.5. The number of carbonyl (C=O) groups is 13. The number of benzene rings is 1. The van der Waals surface area contributed by atoms with Crippen LogP contribution in [-0.2, 0) is 97.2 Å². The predicted molar refractivity (Wildman–Crippen MR) is 407 cm³/mol. The molecule has 110 heavy (non-hydrogen) atoms. The maximum atomic E-state index is 13.5. The number of nitrogens with one attached hydrogen (secondary N) is 7. The quantitative estimate of drug-likeness (QED) is 0.0146. The van der Waals surface area contributed by atoms with Gasteiger partial charge in [-0.3, -0.25) is 62.5 Å². The molecule has 624 valence electrons. The number of ether oxygens (including phenoxy) is 6. The number of aromatic hydroxyl groups is 1. The van der Waals surface area contributed by atoms with Gasteiger partial charge in [0.2, 0.25) is 53.2 Å². The number of esters is 3. The highest BCUT2D eigenvalue weighted by molar-refractivity contribution is 5.97. The van der Waals surface area contributed by atoms with Gasteiger partial charge in [0.1, 0.15) is 62.4 Å². The van der Waals surface area contributed by atoms with Crippen molar-refractivity contribution in [2.45, 2.75) is 268 Å². The first kappa shape index (κ1) is 97.3. The number of amides is 9. The SMILES string of the molecule is CCCCCCCCCCCCCCCC(=O)OCC(COC(=O)COCCOCCOCC(=O)N[C@@H](Cc1ccc(O)cc1)C(=O)NCC(=O)NCC(=O)N[C@@H](CCCN=C(N)N)C(=O)NCC(=O)N[C@@H](CC(=O)O)C(=O)N[C@@H](CO)C(=O)N1CCC[C@H]1C(N)=O)OC(=O)CCCCCCCCCCCCCCC. The van der Waals surface area contributed by atoms with E-state index in [9.17, 15) is 77.6 Å². The third-order valence-corrected chi connectivity index (χ3v) is 17.9. The Kier molecular flexibility index (Phi) is 54.8. The minimum absolute atomic E-state index is 0.00434. The van der Waals surface area contributed by atoms with Gasteiger partial charge in [0.05, 0.1) is 59.1 Å². The van der Waals surface area contributed by atoms with E-state index in [-0.39, 0.29) is 103 Å². The number of aliphatic hydroxyl groups excluding tert-OH is 1. The minimum Gasteiger partial charge on any atom is -0.508 e. The largest absolute Gasteiger partial charge is 0.508 e. The fraction of sp³-hybridized carbons (Fsp3) is 0.737. The van der Waals surface area contributed by atoms with Gasteiger partial charge in [-0.25, -0.2) is 4.79 Å². The Morgan fingerprint density at radius 1 is 0.509 bits per heavy atom. The smallest absolute Gasteiger partial charge is 0.332 e. The second kappa shape index (κ2) is 61.9. The molecule has 9 amide bonds. The average molecular weight is 1560 g/mol. The highest BCUT2D eigenvalue weighted by Gasteiger charge is 2.38. The van der Waals surface area contributed by atoms with Gasteiger partial charge < -0.3 is 103 Å². The zero-order chi connectivity index (χ0) is 80.9. The van der Waals surface area contributed by atoms with Crippen LogP contribution in [0.25, 0.3) is 0 Å². The zero-order valence-corrected chi connectivity index (χ0v) is 64.9. The fourth-order valence-corrected chi connectivity index (χ4v) is 11.8. The summed E-state index contributed by atoms with van der Waals surface area (Å²) >= 11 is 0. The number of guanidine groups is 1. The number of nitrogens with two attached hydrogens (primary N) is 3. The van der Waals surface area contributed by atoms with Gasteiger partial charge in [-0.1, -0.05) is 180 Å². The lowest BCUT2D eigenvalue weighted by Crippen LogP contribution is -2.58. The van der Waals surface area contributed by atoms with Gasteiger partial charge >= 0.3 is 23.9 Å². The molecule has 1 aliphatic heterocycles. The number of likely N-dealkylation sites (tertiary alicyclic amines) is 1. The number of aliphatic imine (C=N–C) groups is 1. The molecule has 1 aromatic carbocycles. The number of hydrogen-bond acceptors (Lipinski definition) is 22. The summed E-state index contributed by atoms with van der Waals surface area (Å²) in [5.74, 6) is -11.8. The molecule has 2 rings (SSSR count). The summed E-state index contributed by atoms with van der Waals surface area (Å²) in [6.07, 6.45) is 29.3. The van der Waals surface area contributed by atoms with E-state index in [0.29, 0.717) is 24.8 Å². The fourth-order valence-electron chi connectivity index (χ4n) is 11.8. The molecule has 34 nitrogen and oxygen atoms in total. The molecule has 6 atom stereocenters. The van der Waals surface area contributed by atoms with Crippen molar-refractivity contribution in [3.8, 4) is 5.75 Å². The number of carboxylic acid groups (broad SMARTS) is 1. The second-order valence-corrected chi connectivity index (χ2v) is 27.5. The van der Waals surface area contributed by atoms with Gasteiger partial charge in [0, 0.05) is 32.4 Å². The number of carboxylic acids is 1. The molecule has 0 aromatic heterocycles. The predicted octanol–water partition coefficient (Wildman–Crippen LogP) is 3.23. The van der Waals surface area contributed by atoms with Crippen molar-refractivity contribution in [1.82, 2.24) is 42.1 Å². The molecule has 1 unspecified atom stereocenters. The van der Waals surface area contributed by atoms with Crippen molar-refractivity contribution in [2.75, 3.05) is 92.2 Å². The van der Waals surface area contributed by atoms with Crippen molar-refractivity contribution in [3.05, 3.63) is 29.8 Å². The van der Waals surface area contributed by atoms with E-state index in [1.54, 1.807) is 0 Å². The third-order valence-electron chi connectivity index (χ3n) is 17.9. The zero-order valence-electron chi connectivity index (χ0n) is 64.9. The van der Waals surface area contributed by atoms with Crippen LogP contribution in [-0.4, -0.2) is 232 Å². The summed E-state index contributed by atoms with van der Waals surface area (Å²) in [5, 5.41) is 45.5. The van der Waals surface area contributed by atoms with Crippen molar-refractivity contribution in [2.24, 2.45) is 22.2 Å². The van der Waals surface area contributed by atoms with Crippen LogP contribution in [0.1, 0.15) is 231 Å². The number of phenolic OH excluding ortho intramolecular Hbond substituents is 1. The molecule has 1 fully saturated rings. The van der Waals surface area contributed by atoms with Crippen LogP contribution in [0.15, 0.2) is 29.3 Å². The van der Waals surface area contributed by atoms with E-state index in [0.717, 1.165) is 43.4 Å². The molecular formula is C76H128N12O22. The van der Waals surface area contributed by atoms with Gasteiger partial charge in [-0.2, -0.15) is 0 Å². The highest BCUT2D eigenvalue weighted by atomic mass is 16.6. The van der Waals surface area contributed by atoms with E-state index in [1.807, 2.05) is 0 Å². The Labute approximate surface area is 647 Å². The Bertz CT molecular complexity index is 2910. The number of nitrogens with zero attached hydrogens (tertiary/aromatic N) is 2. The molecule has 1 aromatic rings. The number of aliphatic hydroxyl groups is 1. The summed E-state index contributed by atoms with van der Waals surface area (Å²) in [6.45, 7) is -0.436. The normalized spacial score (nSPS) is 13.8. The number of primary amides is 1. The summed E-state index contributed by atoms with van der Waals surface area (Å²) in [4.78, 5) is 172. The number of carbonyl (C=O) groups excluding carboxylic acids is 12. The number of hydrogen-bond donors (Lipinski definition) is 13. The van der Waals surface area contributed by atoms with Gasteiger partial charge in [0.15, 0.2) is 12.1 Å². The van der Waals surface area contributed by atoms with E-state index >= 15 is 0 Å². The standard InChI is InChI=1S/C76H128N12O22/c1-3-5-7-9-11-13-15-17-19-21-23-25-27-33-68(97)108-51-57(110-69(98)34-28-26-24-22-20-18-16-14-12-10-8-6-4-2)52-109-70(99)54-107-44-42-105-41-43-106-53-66(94)86-59(45-55-35-37-56(90)38-36-55)73(102)82-47-63(91)81-48-64(92)84-58(31-29-39-80-76(78)79)72(101)83-49-65(93)85-60(46-67(95)96)74(103)87-61(50-89)75(104)88-40-30-32-62(88)71(77)100/h35-38,57-62,89-90H,3-34,39-54H2,1-2H3,(H2,77,100)(H,81,91)(H,82,102)(H,83,101)(H,84,92)(H,85,93)(H,86,94)(H,87,103)(H,95,96)(H4,78,79,80)/t57?,58-,59-,60-,61-,62-/m0/s1. The van der Waals surface area contributed by atoms with E-state index in [1.165, 1.54) is 140 Å². The topological polar surface area (TPSA) is 516 Å². The Morgan fingerprint density at radius 2 is 0.973 bits per heavy atom. The lowest BCUT2D eigenvalue weighted by atomic mass is 10.0. The molecule has 34 heteroatoms. The molecule has 0 aliphatic carbocycles. The summed E-state index contributed by atoms with van der Waals surface area (Å²) in [5.41, 5.74) is 16.7. The minimum atomic E-state index is -1.83. The molecule has 0 bridgehead atoms. The van der Waals surface area contributed by atoms with Crippen LogP contribution < -0.4 is 54.4 Å². The first-order chi connectivity index (χ1) is 53.0. The van der Waals surface area contributed by atoms with Gasteiger partial charge in [-0.05, 0) is 56.2 Å².